The van der Waals surface area contributed by atoms with Gasteiger partial charge in [-0.25, -0.2) is 14.6 Å². The van der Waals surface area contributed by atoms with Crippen molar-refractivity contribution in [2.75, 3.05) is 12.3 Å². The van der Waals surface area contributed by atoms with Crippen LogP contribution in [0.4, 0.5) is 5.82 Å². The Balaban J connectivity index is 1.40. The lowest BCUT2D eigenvalue weighted by Gasteiger charge is -2.30. The minimum absolute atomic E-state index is 0.0381. The number of aliphatic carboxylic acids is 2. The van der Waals surface area contributed by atoms with E-state index >= 15 is 0 Å². The number of benzene rings is 1. The first-order valence-electron chi connectivity index (χ1n) is 13.9. The van der Waals surface area contributed by atoms with E-state index in [9.17, 15) is 34.8 Å². The Morgan fingerprint density at radius 2 is 1.91 bits per heavy atom. The lowest BCUT2D eigenvalue weighted by atomic mass is 9.91. The number of hydrogen-bond donors (Lipinski definition) is 5. The zero-order valence-corrected chi connectivity index (χ0v) is 25.0. The van der Waals surface area contributed by atoms with Gasteiger partial charge in [0.25, 0.3) is 11.2 Å². The Labute approximate surface area is 265 Å². The quantitative estimate of drug-likeness (QED) is 0.0870. The SMILES string of the molecule is C#C[C@@]1(O)[C@@H](COC(Cc2ccc(-c3cccn(CCC)c3=O)cc2)(C(=O)O)C(=O)O)O[C@@H](n2cnc3c(N)nc(Cl)nc32)[C@@H]1O. The van der Waals surface area contributed by atoms with E-state index in [1.54, 1.807) is 35.0 Å². The van der Waals surface area contributed by atoms with Crippen LogP contribution >= 0.6 is 11.6 Å². The van der Waals surface area contributed by atoms with Gasteiger partial charge in [-0.2, -0.15) is 9.97 Å². The van der Waals surface area contributed by atoms with Gasteiger partial charge < -0.3 is 40.2 Å². The number of pyridine rings is 1. The fourth-order valence-corrected chi connectivity index (χ4v) is 5.48. The standard InChI is InChI=1S/C30H29ClN6O9/c1-3-11-36-12-5-6-18(24(36)39)17-9-7-16(8-10-17)13-30(26(40)41,27(42)43)45-14-19-29(44,4-2)21(38)25(46-19)37-15-33-20-22(32)34-28(31)35-23(20)37/h2,5-10,12,15,19,21,25,38,44H,3,11,13-14H2,1H3,(H,40,41)(H,42,43)(H2,32,34,35)/t19-,21+,25-,29-/m1/s1. The highest BCUT2D eigenvalue weighted by Gasteiger charge is 2.58. The van der Waals surface area contributed by atoms with Crippen LogP contribution in [0.25, 0.3) is 22.3 Å². The molecule has 1 aliphatic rings. The fourth-order valence-electron chi connectivity index (χ4n) is 5.31. The van der Waals surface area contributed by atoms with Crippen molar-refractivity contribution >= 4 is 40.5 Å². The van der Waals surface area contributed by atoms with Gasteiger partial charge in [-0.3, -0.25) is 9.36 Å². The predicted octanol–water partition coefficient (Wildman–Crippen LogP) is 1.09. The first kappa shape index (κ1) is 32.5. The van der Waals surface area contributed by atoms with E-state index in [0.29, 0.717) is 17.7 Å². The van der Waals surface area contributed by atoms with Crippen molar-refractivity contribution in [3.05, 3.63) is 70.1 Å². The maximum Gasteiger partial charge on any atom is 0.348 e. The average molecular weight is 653 g/mol. The number of ether oxygens (including phenoxy) is 2. The first-order chi connectivity index (χ1) is 21.9. The minimum atomic E-state index is -2.86. The van der Waals surface area contributed by atoms with Gasteiger partial charge in [0.1, 0.15) is 17.7 Å². The summed E-state index contributed by atoms with van der Waals surface area (Å²) < 4.78 is 14.1. The monoisotopic (exact) mass is 652 g/mol. The van der Waals surface area contributed by atoms with Gasteiger partial charge in [0.2, 0.25) is 5.28 Å². The molecule has 0 spiro atoms. The maximum atomic E-state index is 12.9. The van der Waals surface area contributed by atoms with Gasteiger partial charge in [0.15, 0.2) is 23.3 Å². The second-order valence-electron chi connectivity index (χ2n) is 10.7. The predicted molar refractivity (Wildman–Crippen MR) is 163 cm³/mol. The largest absolute Gasteiger partial charge is 0.479 e. The zero-order valence-electron chi connectivity index (χ0n) is 24.3. The highest BCUT2D eigenvalue weighted by Crippen LogP contribution is 2.39. The number of hydrogen-bond acceptors (Lipinski definition) is 11. The molecule has 0 saturated carbocycles. The normalized spacial score (nSPS) is 21.3. The molecular formula is C30H29ClN6O9. The molecule has 0 bridgehead atoms. The van der Waals surface area contributed by atoms with Gasteiger partial charge in [-0.15, -0.1) is 6.42 Å². The fraction of sp³-hybridized carbons (Fsp3) is 0.333. The summed E-state index contributed by atoms with van der Waals surface area (Å²) in [4.78, 5) is 49.7. The number of rotatable bonds is 11. The van der Waals surface area contributed by atoms with Gasteiger partial charge in [0.05, 0.1) is 12.9 Å². The third-order valence-electron chi connectivity index (χ3n) is 7.82. The second-order valence-corrected chi connectivity index (χ2v) is 11.0. The van der Waals surface area contributed by atoms with Gasteiger partial charge >= 0.3 is 11.9 Å². The average Bonchev–Trinajstić information content (AvgIpc) is 3.55. The van der Waals surface area contributed by atoms with Crippen LogP contribution < -0.4 is 11.3 Å². The Kier molecular flexibility index (Phi) is 8.85. The summed E-state index contributed by atoms with van der Waals surface area (Å²) in [6.45, 7) is 1.62. The lowest BCUT2D eigenvalue weighted by molar-refractivity contribution is -0.191. The van der Waals surface area contributed by atoms with E-state index in [4.69, 9.17) is 33.2 Å². The lowest BCUT2D eigenvalue weighted by Crippen LogP contribution is -2.55. The number of carboxylic acid groups (broad SMARTS) is 2. The molecule has 1 aromatic carbocycles. The van der Waals surface area contributed by atoms with Crippen LogP contribution in [-0.4, -0.2) is 86.5 Å². The molecule has 15 nitrogen and oxygen atoms in total. The van der Waals surface area contributed by atoms with Crippen LogP contribution in [0.15, 0.2) is 53.7 Å². The molecule has 240 valence electrons. The summed E-state index contributed by atoms with van der Waals surface area (Å²) in [5, 5.41) is 42.2. The summed E-state index contributed by atoms with van der Waals surface area (Å²) in [6.07, 6.45) is 3.65. The molecule has 16 heteroatoms. The highest BCUT2D eigenvalue weighted by molar-refractivity contribution is 6.28. The van der Waals surface area contributed by atoms with E-state index < -0.39 is 54.6 Å². The number of nitrogens with two attached hydrogens (primary N) is 1. The molecule has 4 heterocycles. The summed E-state index contributed by atoms with van der Waals surface area (Å²) in [7, 11) is 0. The van der Waals surface area contributed by atoms with Crippen LogP contribution in [0.2, 0.25) is 5.28 Å². The number of aryl methyl sites for hydroxylation is 1. The Bertz CT molecular complexity index is 1890. The zero-order chi connectivity index (χ0) is 33.4. The van der Waals surface area contributed by atoms with E-state index in [2.05, 4.69) is 15.0 Å². The molecule has 1 saturated heterocycles. The molecule has 6 N–H and O–H groups in total. The Morgan fingerprint density at radius 1 is 1.22 bits per heavy atom. The molecule has 0 radical (unpaired) electrons. The number of nitrogen functional groups attached to an aromatic ring is 1. The van der Waals surface area contributed by atoms with E-state index in [1.807, 2.05) is 12.8 Å². The number of halogens is 1. The molecule has 46 heavy (non-hydrogen) atoms. The third kappa shape index (κ3) is 5.57. The van der Waals surface area contributed by atoms with Crippen molar-refractivity contribution in [1.82, 2.24) is 24.1 Å². The molecule has 4 aromatic rings. The van der Waals surface area contributed by atoms with Crippen molar-refractivity contribution in [1.29, 1.82) is 0 Å². The summed E-state index contributed by atoms with van der Waals surface area (Å²) >= 11 is 5.92. The molecule has 0 amide bonds. The smallest absolute Gasteiger partial charge is 0.348 e. The van der Waals surface area contributed by atoms with Crippen LogP contribution in [0.5, 0.6) is 0 Å². The van der Waals surface area contributed by atoms with Gasteiger partial charge in [-0.05, 0) is 41.3 Å². The molecule has 0 aliphatic carbocycles. The summed E-state index contributed by atoms with van der Waals surface area (Å²) in [5.74, 6) is -1.69. The molecule has 1 fully saturated rings. The van der Waals surface area contributed by atoms with Gasteiger partial charge in [0, 0.05) is 24.7 Å². The Morgan fingerprint density at radius 3 is 2.54 bits per heavy atom. The molecule has 0 unspecified atom stereocenters. The number of anilines is 1. The van der Waals surface area contributed by atoms with Crippen LogP contribution in [-0.2, 0) is 32.0 Å². The number of aliphatic hydroxyl groups excluding tert-OH is 1. The van der Waals surface area contributed by atoms with Crippen LogP contribution in [0.3, 0.4) is 0 Å². The number of carboxylic acids is 2. The highest BCUT2D eigenvalue weighted by atomic mass is 35.5. The molecule has 5 rings (SSSR count). The third-order valence-corrected chi connectivity index (χ3v) is 7.99. The number of carbonyl (C=O) groups is 2. The van der Waals surface area contributed by atoms with Crippen molar-refractivity contribution in [3.63, 3.8) is 0 Å². The van der Waals surface area contributed by atoms with Crippen LogP contribution in [0, 0.1) is 12.3 Å². The van der Waals surface area contributed by atoms with Crippen LogP contribution in [0.1, 0.15) is 25.1 Å². The van der Waals surface area contributed by atoms with Gasteiger partial charge in [-0.1, -0.05) is 37.1 Å². The van der Waals surface area contributed by atoms with E-state index in [1.165, 1.54) is 23.0 Å². The van der Waals surface area contributed by atoms with Crippen molar-refractivity contribution in [2.45, 2.75) is 55.9 Å². The second kappa shape index (κ2) is 12.5. The number of nitrogens with zero attached hydrogens (tertiary/aromatic N) is 5. The summed E-state index contributed by atoms with van der Waals surface area (Å²) in [5.41, 5.74) is 1.70. The topological polar surface area (TPSA) is 225 Å². The maximum absolute atomic E-state index is 12.9. The molecule has 3 aromatic heterocycles. The number of aromatic nitrogens is 5. The molecule has 4 atom stereocenters. The van der Waals surface area contributed by atoms with E-state index in [0.717, 1.165) is 6.42 Å². The number of aliphatic hydroxyl groups is 2. The molecular weight excluding hydrogens is 624 g/mol. The number of fused-ring (bicyclic) bond motifs is 1. The minimum Gasteiger partial charge on any atom is -0.479 e. The first-order valence-corrected chi connectivity index (χ1v) is 14.3. The van der Waals surface area contributed by atoms with Crippen molar-refractivity contribution in [2.24, 2.45) is 0 Å². The summed E-state index contributed by atoms with van der Waals surface area (Å²) in [6, 6.07) is 9.53. The Hall–Kier alpha value is -4.85. The number of terminal acetylenes is 1. The number of imidazole rings is 1. The van der Waals surface area contributed by atoms with Crippen molar-refractivity contribution in [3.8, 4) is 23.5 Å². The molecule has 1 aliphatic heterocycles. The van der Waals surface area contributed by atoms with Crippen molar-refractivity contribution < 1.29 is 39.5 Å². The van der Waals surface area contributed by atoms with E-state index in [-0.39, 0.29) is 33.4 Å².